The lowest BCUT2D eigenvalue weighted by Gasteiger charge is -2.11. The molecule has 0 aliphatic carbocycles. The average Bonchev–Trinajstić information content (AvgIpc) is 3.24. The third-order valence-corrected chi connectivity index (χ3v) is 5.19. The van der Waals surface area contributed by atoms with Crippen LogP contribution in [0.2, 0.25) is 0 Å². The molecule has 0 aliphatic heterocycles. The van der Waals surface area contributed by atoms with Crippen LogP contribution in [0.25, 0.3) is 27.9 Å². The van der Waals surface area contributed by atoms with E-state index in [-0.39, 0.29) is 18.1 Å². The van der Waals surface area contributed by atoms with Gasteiger partial charge in [0.15, 0.2) is 0 Å². The molecule has 1 N–H and O–H groups in total. The minimum atomic E-state index is -0.340. The van der Waals surface area contributed by atoms with E-state index in [2.05, 4.69) is 10.4 Å². The first-order valence-corrected chi connectivity index (χ1v) is 9.61. The highest BCUT2D eigenvalue weighted by Gasteiger charge is 2.17. The largest absolute Gasteiger partial charge is 0.352 e. The van der Waals surface area contributed by atoms with Gasteiger partial charge in [-0.05, 0) is 23.8 Å². The number of rotatable bonds is 4. The second kappa shape index (κ2) is 7.04. The van der Waals surface area contributed by atoms with Crippen molar-refractivity contribution < 1.29 is 4.79 Å². The molecule has 0 unspecified atom stereocenters. The molecule has 3 aromatic carbocycles. The van der Waals surface area contributed by atoms with Crippen molar-refractivity contribution in [1.82, 2.24) is 18.7 Å². The zero-order chi connectivity index (χ0) is 20.7. The van der Waals surface area contributed by atoms with Crippen LogP contribution in [0.1, 0.15) is 0 Å². The number of carbonyl (C=O) groups is 1. The predicted molar refractivity (Wildman–Crippen MR) is 116 cm³/mol. The minimum Gasteiger partial charge on any atom is -0.324 e. The first-order valence-electron chi connectivity index (χ1n) is 9.61. The molecule has 5 aromatic rings. The van der Waals surface area contributed by atoms with Crippen LogP contribution in [-0.4, -0.2) is 24.7 Å². The number of imidazole rings is 1. The Morgan fingerprint density at radius 2 is 1.57 bits per heavy atom. The average molecular weight is 397 g/mol. The Balaban J connectivity index is 1.46. The molecule has 7 nitrogen and oxygen atoms in total. The molecule has 2 aromatic heterocycles. The molecule has 0 bridgehead atoms. The van der Waals surface area contributed by atoms with E-state index in [4.69, 9.17) is 0 Å². The van der Waals surface area contributed by atoms with Crippen molar-refractivity contribution >= 4 is 28.4 Å². The van der Waals surface area contributed by atoms with Crippen LogP contribution in [0.3, 0.4) is 0 Å². The van der Waals surface area contributed by atoms with E-state index in [0.717, 1.165) is 22.2 Å². The molecule has 7 heteroatoms. The number of aromatic nitrogens is 4. The molecule has 0 spiro atoms. The Morgan fingerprint density at radius 1 is 0.900 bits per heavy atom. The molecular weight excluding hydrogens is 378 g/mol. The van der Waals surface area contributed by atoms with Gasteiger partial charge in [-0.15, -0.1) is 5.10 Å². The predicted octanol–water partition coefficient (Wildman–Crippen LogP) is 3.29. The summed E-state index contributed by atoms with van der Waals surface area (Å²) in [5, 5.41) is 7.30. The maximum Gasteiger partial charge on any atom is 0.352 e. The van der Waals surface area contributed by atoms with E-state index in [1.807, 2.05) is 90.5 Å². The Hall–Kier alpha value is -4.13. The maximum absolute atomic E-state index is 12.9. The van der Waals surface area contributed by atoms with Crippen molar-refractivity contribution in [3.8, 4) is 11.1 Å². The van der Waals surface area contributed by atoms with E-state index >= 15 is 0 Å². The summed E-state index contributed by atoms with van der Waals surface area (Å²) in [5.74, 6) is 0.187. The van der Waals surface area contributed by atoms with Gasteiger partial charge in [0.2, 0.25) is 11.7 Å². The summed E-state index contributed by atoms with van der Waals surface area (Å²) in [6.07, 6.45) is 0. The monoisotopic (exact) mass is 397 g/mol. The van der Waals surface area contributed by atoms with Crippen LogP contribution < -0.4 is 11.0 Å². The number of fused-ring (bicyclic) bond motifs is 3. The highest BCUT2D eigenvalue weighted by Crippen LogP contribution is 2.27. The third kappa shape index (κ3) is 2.88. The van der Waals surface area contributed by atoms with E-state index in [9.17, 15) is 9.59 Å². The van der Waals surface area contributed by atoms with E-state index in [1.54, 1.807) is 0 Å². The summed E-state index contributed by atoms with van der Waals surface area (Å²) in [4.78, 5) is 25.6. The number of benzene rings is 3. The van der Waals surface area contributed by atoms with Gasteiger partial charge in [0.1, 0.15) is 6.54 Å². The van der Waals surface area contributed by atoms with Gasteiger partial charge in [0.25, 0.3) is 0 Å². The number of anilines is 1. The molecule has 0 saturated carbocycles. The molecule has 30 heavy (non-hydrogen) atoms. The van der Waals surface area contributed by atoms with Crippen LogP contribution in [0.4, 0.5) is 5.69 Å². The number of nitrogens with zero attached hydrogens (tertiary/aromatic N) is 4. The number of carbonyl (C=O) groups excluding carboxylic acids is 1. The number of nitrogens with one attached hydrogen (secondary N) is 1. The summed E-state index contributed by atoms with van der Waals surface area (Å²) in [6.45, 7) is -0.169. The van der Waals surface area contributed by atoms with Crippen molar-refractivity contribution in [3.63, 3.8) is 0 Å². The van der Waals surface area contributed by atoms with Gasteiger partial charge in [-0.3, -0.25) is 4.79 Å². The number of amides is 1. The van der Waals surface area contributed by atoms with E-state index in [1.165, 1.54) is 9.08 Å². The zero-order valence-corrected chi connectivity index (χ0v) is 16.3. The fraction of sp³-hybridized carbons (Fsp3) is 0.0870. The molecular formula is C23H19N5O2. The summed E-state index contributed by atoms with van der Waals surface area (Å²) < 4.78 is 4.57. The minimum absolute atomic E-state index is 0.169. The highest BCUT2D eigenvalue weighted by molar-refractivity contribution is 5.95. The van der Waals surface area contributed by atoms with Gasteiger partial charge in [-0.2, -0.15) is 0 Å². The van der Waals surface area contributed by atoms with Crippen LogP contribution in [-0.2, 0) is 18.4 Å². The highest BCUT2D eigenvalue weighted by atomic mass is 16.2. The quantitative estimate of drug-likeness (QED) is 0.506. The van der Waals surface area contributed by atoms with Crippen LogP contribution in [0.15, 0.2) is 83.7 Å². The molecule has 2 heterocycles. The van der Waals surface area contributed by atoms with Crippen LogP contribution >= 0.6 is 0 Å². The smallest absolute Gasteiger partial charge is 0.324 e. The Bertz CT molecular complexity index is 1440. The summed E-state index contributed by atoms with van der Waals surface area (Å²) in [7, 11) is 1.85. The summed E-state index contributed by atoms with van der Waals surface area (Å²) in [6, 6.07) is 25.0. The van der Waals surface area contributed by atoms with Crippen LogP contribution in [0.5, 0.6) is 0 Å². The van der Waals surface area contributed by atoms with E-state index < -0.39 is 0 Å². The van der Waals surface area contributed by atoms with E-state index in [0.29, 0.717) is 11.5 Å². The number of para-hydroxylation sites is 3. The summed E-state index contributed by atoms with van der Waals surface area (Å²) in [5.41, 5.74) is 3.94. The first-order chi connectivity index (χ1) is 14.6. The molecule has 0 radical (unpaired) electrons. The standard InChI is InChI=1S/C23H19N5O2/c1-26-19-13-7-8-14-20(19)28-22(26)25-27(23(28)30)15-21(29)24-18-12-6-5-11-17(18)16-9-3-2-4-10-16/h2-14H,15H2,1H3,(H,24,29). The van der Waals surface area contributed by atoms with Gasteiger partial charge in [-0.25, -0.2) is 13.9 Å². The lowest BCUT2D eigenvalue weighted by Crippen LogP contribution is -2.28. The summed E-state index contributed by atoms with van der Waals surface area (Å²) >= 11 is 0. The normalized spacial score (nSPS) is 11.2. The first kappa shape index (κ1) is 17.9. The lowest BCUT2D eigenvalue weighted by atomic mass is 10.0. The van der Waals surface area contributed by atoms with Crippen molar-refractivity contribution in [2.45, 2.75) is 6.54 Å². The second-order valence-electron chi connectivity index (χ2n) is 7.08. The molecule has 1 amide bonds. The van der Waals surface area contributed by atoms with Crippen molar-refractivity contribution in [2.24, 2.45) is 7.05 Å². The Kier molecular flexibility index (Phi) is 4.21. The second-order valence-corrected chi connectivity index (χ2v) is 7.08. The molecule has 0 aliphatic rings. The molecule has 5 rings (SSSR count). The van der Waals surface area contributed by atoms with Gasteiger partial charge in [0, 0.05) is 18.3 Å². The van der Waals surface area contributed by atoms with Gasteiger partial charge in [0.05, 0.1) is 11.0 Å². The van der Waals surface area contributed by atoms with Gasteiger partial charge >= 0.3 is 5.69 Å². The van der Waals surface area contributed by atoms with Gasteiger partial charge in [-0.1, -0.05) is 60.7 Å². The molecule has 148 valence electrons. The molecule has 0 fully saturated rings. The van der Waals surface area contributed by atoms with Crippen molar-refractivity contribution in [2.75, 3.05) is 5.32 Å². The number of hydrogen-bond donors (Lipinski definition) is 1. The number of aryl methyl sites for hydroxylation is 1. The maximum atomic E-state index is 12.9. The fourth-order valence-electron chi connectivity index (χ4n) is 3.76. The number of hydrogen-bond acceptors (Lipinski definition) is 3. The molecule has 0 saturated heterocycles. The SMILES string of the molecule is Cn1c2ccccc2n2c(=O)n(CC(=O)Nc3ccccc3-c3ccccc3)nc12. The van der Waals surface area contributed by atoms with Gasteiger partial charge < -0.3 is 9.88 Å². The fourth-order valence-corrected chi connectivity index (χ4v) is 3.76. The third-order valence-electron chi connectivity index (χ3n) is 5.19. The molecule has 0 atom stereocenters. The Morgan fingerprint density at radius 3 is 2.37 bits per heavy atom. The Labute approximate surface area is 171 Å². The van der Waals surface area contributed by atoms with Crippen molar-refractivity contribution in [3.05, 3.63) is 89.3 Å². The topological polar surface area (TPSA) is 73.3 Å². The van der Waals surface area contributed by atoms with Crippen molar-refractivity contribution in [1.29, 1.82) is 0 Å². The lowest BCUT2D eigenvalue weighted by molar-refractivity contribution is -0.117. The zero-order valence-electron chi connectivity index (χ0n) is 16.3. The van der Waals surface area contributed by atoms with Crippen LogP contribution in [0, 0.1) is 0 Å².